The van der Waals surface area contributed by atoms with Gasteiger partial charge >= 0.3 is 0 Å². The third kappa shape index (κ3) is 3.19. The predicted molar refractivity (Wildman–Crippen MR) is 78.1 cm³/mol. The van der Waals surface area contributed by atoms with Crippen molar-refractivity contribution in [3.63, 3.8) is 0 Å². The number of likely N-dealkylation sites (tertiary alicyclic amines) is 1. The summed E-state index contributed by atoms with van der Waals surface area (Å²) in [6, 6.07) is 2.82. The summed E-state index contributed by atoms with van der Waals surface area (Å²) in [7, 11) is 0. The molecular formula is C14H21FN4O. The molecule has 2 rings (SSSR count). The third-order valence-electron chi connectivity index (χ3n) is 3.76. The average molecular weight is 280 g/mol. The highest BCUT2D eigenvalue weighted by Gasteiger charge is 2.18. The highest BCUT2D eigenvalue weighted by molar-refractivity contribution is 5.99. The molecule has 0 aliphatic carbocycles. The van der Waals surface area contributed by atoms with E-state index in [1.807, 2.05) is 0 Å². The minimum absolute atomic E-state index is 0.0631. The van der Waals surface area contributed by atoms with Crippen molar-refractivity contribution in [3.05, 3.63) is 23.5 Å². The van der Waals surface area contributed by atoms with E-state index in [2.05, 4.69) is 17.1 Å². The molecular weight excluding hydrogens is 259 g/mol. The zero-order valence-electron chi connectivity index (χ0n) is 11.7. The summed E-state index contributed by atoms with van der Waals surface area (Å²) >= 11 is 0. The van der Waals surface area contributed by atoms with Crippen molar-refractivity contribution in [3.8, 4) is 0 Å². The van der Waals surface area contributed by atoms with Crippen molar-refractivity contribution in [2.24, 2.45) is 5.73 Å². The van der Waals surface area contributed by atoms with Crippen molar-refractivity contribution in [2.75, 3.05) is 30.7 Å². The molecule has 1 amide bonds. The lowest BCUT2D eigenvalue weighted by Gasteiger charge is -2.24. The number of halogens is 1. The zero-order valence-corrected chi connectivity index (χ0v) is 11.7. The van der Waals surface area contributed by atoms with E-state index in [9.17, 15) is 9.18 Å². The van der Waals surface area contributed by atoms with Crippen LogP contribution in [0.3, 0.4) is 0 Å². The van der Waals surface area contributed by atoms with Crippen LogP contribution in [0.15, 0.2) is 12.1 Å². The van der Waals surface area contributed by atoms with Gasteiger partial charge in [-0.3, -0.25) is 9.69 Å². The second kappa shape index (κ2) is 6.09. The molecule has 1 saturated heterocycles. The Morgan fingerprint density at radius 2 is 2.10 bits per heavy atom. The number of carbonyl (C=O) groups is 1. The van der Waals surface area contributed by atoms with Gasteiger partial charge in [-0.05, 0) is 45.0 Å². The minimum atomic E-state index is -0.654. The van der Waals surface area contributed by atoms with E-state index in [0.717, 1.165) is 19.2 Å². The number of anilines is 2. The van der Waals surface area contributed by atoms with Crippen LogP contribution in [0.25, 0.3) is 0 Å². The molecule has 1 aliphatic rings. The van der Waals surface area contributed by atoms with Crippen molar-refractivity contribution < 1.29 is 9.18 Å². The first-order valence-corrected chi connectivity index (χ1v) is 6.85. The molecule has 20 heavy (non-hydrogen) atoms. The molecule has 1 atom stereocenters. The predicted octanol–water partition coefficient (Wildman–Crippen LogP) is 1.40. The molecule has 0 aromatic heterocycles. The van der Waals surface area contributed by atoms with E-state index in [-0.39, 0.29) is 16.9 Å². The molecule has 110 valence electrons. The van der Waals surface area contributed by atoms with Crippen LogP contribution in [0.1, 0.15) is 30.1 Å². The van der Waals surface area contributed by atoms with Crippen LogP contribution in [-0.2, 0) is 0 Å². The van der Waals surface area contributed by atoms with Crippen LogP contribution in [0.2, 0.25) is 0 Å². The van der Waals surface area contributed by atoms with Gasteiger partial charge in [-0.2, -0.15) is 0 Å². The lowest BCUT2D eigenvalue weighted by Crippen LogP contribution is -2.35. The van der Waals surface area contributed by atoms with Crippen molar-refractivity contribution >= 4 is 17.3 Å². The van der Waals surface area contributed by atoms with Gasteiger partial charge in [-0.25, -0.2) is 4.39 Å². The van der Waals surface area contributed by atoms with Crippen LogP contribution in [0, 0.1) is 5.82 Å². The normalized spacial score (nSPS) is 17.1. The molecule has 0 spiro atoms. The molecule has 5 N–H and O–H groups in total. The largest absolute Gasteiger partial charge is 0.398 e. The number of hydrogen-bond donors (Lipinski definition) is 3. The lowest BCUT2D eigenvalue weighted by molar-refractivity contribution is 0.100. The standard InChI is InChI=1S/C14H21FN4O/c1-9(19-4-2-3-5-19)8-18-13-6-10(14(17)20)12(16)7-11(13)15/h6-7,9,18H,2-5,8,16H2,1H3,(H2,17,20). The summed E-state index contributed by atoms with van der Waals surface area (Å²) in [6.45, 7) is 4.88. The molecule has 1 unspecified atom stereocenters. The number of benzene rings is 1. The fourth-order valence-corrected chi connectivity index (χ4v) is 2.51. The Bertz CT molecular complexity index is 500. The van der Waals surface area contributed by atoms with Gasteiger partial charge in [0.2, 0.25) is 0 Å². The molecule has 0 radical (unpaired) electrons. The number of rotatable bonds is 5. The summed E-state index contributed by atoms with van der Waals surface area (Å²) in [4.78, 5) is 13.6. The van der Waals surface area contributed by atoms with E-state index < -0.39 is 11.7 Å². The minimum Gasteiger partial charge on any atom is -0.398 e. The number of primary amides is 1. The van der Waals surface area contributed by atoms with Gasteiger partial charge in [0.25, 0.3) is 5.91 Å². The Morgan fingerprint density at radius 1 is 1.45 bits per heavy atom. The SMILES string of the molecule is CC(CNc1cc(C(N)=O)c(N)cc1F)N1CCCC1. The number of nitrogen functional groups attached to an aromatic ring is 1. The third-order valence-corrected chi connectivity index (χ3v) is 3.76. The molecule has 1 heterocycles. The van der Waals surface area contributed by atoms with Gasteiger partial charge in [-0.1, -0.05) is 0 Å². The maximum atomic E-state index is 13.8. The van der Waals surface area contributed by atoms with E-state index in [0.29, 0.717) is 12.6 Å². The zero-order chi connectivity index (χ0) is 14.7. The van der Waals surface area contributed by atoms with Gasteiger partial charge in [0.15, 0.2) is 0 Å². The fraction of sp³-hybridized carbons (Fsp3) is 0.500. The Hall–Kier alpha value is -1.82. The second-order valence-corrected chi connectivity index (χ2v) is 5.26. The first-order valence-electron chi connectivity index (χ1n) is 6.85. The molecule has 1 aromatic carbocycles. The maximum Gasteiger partial charge on any atom is 0.250 e. The van der Waals surface area contributed by atoms with Gasteiger partial charge in [0, 0.05) is 18.3 Å². The van der Waals surface area contributed by atoms with E-state index >= 15 is 0 Å². The average Bonchev–Trinajstić information content (AvgIpc) is 2.90. The quantitative estimate of drug-likeness (QED) is 0.712. The molecule has 1 aliphatic heterocycles. The first kappa shape index (κ1) is 14.6. The fourth-order valence-electron chi connectivity index (χ4n) is 2.51. The Kier molecular flexibility index (Phi) is 4.44. The van der Waals surface area contributed by atoms with Crippen molar-refractivity contribution in [1.82, 2.24) is 4.90 Å². The number of nitrogens with two attached hydrogens (primary N) is 2. The number of nitrogens with zero attached hydrogens (tertiary/aromatic N) is 1. The molecule has 1 fully saturated rings. The van der Waals surface area contributed by atoms with Crippen molar-refractivity contribution in [1.29, 1.82) is 0 Å². The first-order chi connectivity index (χ1) is 9.49. The number of carbonyl (C=O) groups excluding carboxylic acids is 1. The number of amides is 1. The van der Waals surface area contributed by atoms with E-state index in [1.54, 1.807) is 0 Å². The smallest absolute Gasteiger partial charge is 0.250 e. The van der Waals surface area contributed by atoms with Crippen molar-refractivity contribution in [2.45, 2.75) is 25.8 Å². The van der Waals surface area contributed by atoms with Crippen LogP contribution in [0.5, 0.6) is 0 Å². The van der Waals surface area contributed by atoms with Crippen LogP contribution in [0.4, 0.5) is 15.8 Å². The highest BCUT2D eigenvalue weighted by atomic mass is 19.1. The molecule has 0 bridgehead atoms. The summed E-state index contributed by atoms with van der Waals surface area (Å²) in [6.07, 6.45) is 2.43. The van der Waals surface area contributed by atoms with Crippen LogP contribution in [-0.4, -0.2) is 36.5 Å². The highest BCUT2D eigenvalue weighted by Crippen LogP contribution is 2.22. The van der Waals surface area contributed by atoms with Crippen LogP contribution < -0.4 is 16.8 Å². The lowest BCUT2D eigenvalue weighted by atomic mass is 10.1. The summed E-state index contributed by atoms with van der Waals surface area (Å²) in [5, 5.41) is 3.03. The monoisotopic (exact) mass is 280 g/mol. The Morgan fingerprint density at radius 3 is 2.70 bits per heavy atom. The summed E-state index contributed by atoms with van der Waals surface area (Å²) < 4.78 is 13.8. The molecule has 1 aromatic rings. The second-order valence-electron chi connectivity index (χ2n) is 5.26. The van der Waals surface area contributed by atoms with Crippen LogP contribution >= 0.6 is 0 Å². The Labute approximate surface area is 118 Å². The summed E-state index contributed by atoms with van der Waals surface area (Å²) in [5.74, 6) is -1.13. The Balaban J connectivity index is 2.05. The molecule has 6 heteroatoms. The topological polar surface area (TPSA) is 84.4 Å². The van der Waals surface area contributed by atoms with E-state index in [1.165, 1.54) is 18.9 Å². The number of nitrogens with one attached hydrogen (secondary N) is 1. The van der Waals surface area contributed by atoms with Gasteiger partial charge in [0.1, 0.15) is 5.82 Å². The van der Waals surface area contributed by atoms with E-state index in [4.69, 9.17) is 11.5 Å². The summed E-state index contributed by atoms with van der Waals surface area (Å²) in [5.41, 5.74) is 11.2. The van der Waals surface area contributed by atoms with Gasteiger partial charge in [0.05, 0.1) is 11.3 Å². The van der Waals surface area contributed by atoms with Gasteiger partial charge < -0.3 is 16.8 Å². The molecule has 5 nitrogen and oxygen atoms in total. The van der Waals surface area contributed by atoms with Gasteiger partial charge in [-0.15, -0.1) is 0 Å². The maximum absolute atomic E-state index is 13.8. The number of hydrogen-bond acceptors (Lipinski definition) is 4. The molecule has 0 saturated carbocycles.